The van der Waals surface area contributed by atoms with Crippen LogP contribution in [0, 0.1) is 11.7 Å². The SMILES string of the molecule is CC1CCC(C(N)=O)CN1C(=O)c1ccc(-c2ccccc2F)o1. The van der Waals surface area contributed by atoms with E-state index in [1.165, 1.54) is 12.1 Å². The lowest BCUT2D eigenvalue weighted by atomic mass is 9.93. The van der Waals surface area contributed by atoms with E-state index >= 15 is 0 Å². The highest BCUT2D eigenvalue weighted by molar-refractivity contribution is 5.93. The zero-order chi connectivity index (χ0) is 17.3. The van der Waals surface area contributed by atoms with E-state index < -0.39 is 11.7 Å². The van der Waals surface area contributed by atoms with Gasteiger partial charge in [0.15, 0.2) is 5.76 Å². The van der Waals surface area contributed by atoms with Gasteiger partial charge in [0, 0.05) is 12.6 Å². The second kappa shape index (κ2) is 6.47. The number of benzene rings is 1. The molecule has 1 saturated heterocycles. The molecule has 2 aromatic rings. The molecule has 126 valence electrons. The summed E-state index contributed by atoms with van der Waals surface area (Å²) in [5.74, 6) is -1.03. The summed E-state index contributed by atoms with van der Waals surface area (Å²) in [6, 6.07) is 9.32. The fraction of sp³-hybridized carbons (Fsp3) is 0.333. The summed E-state index contributed by atoms with van der Waals surface area (Å²) in [5.41, 5.74) is 5.67. The molecular weight excluding hydrogens is 311 g/mol. The minimum atomic E-state index is -0.411. The Morgan fingerprint density at radius 1 is 1.21 bits per heavy atom. The van der Waals surface area contributed by atoms with Gasteiger partial charge in [0.1, 0.15) is 11.6 Å². The van der Waals surface area contributed by atoms with E-state index in [1.54, 1.807) is 29.2 Å². The van der Waals surface area contributed by atoms with Gasteiger partial charge in [-0.2, -0.15) is 0 Å². The number of nitrogens with zero attached hydrogens (tertiary/aromatic N) is 1. The number of nitrogens with two attached hydrogens (primary N) is 1. The summed E-state index contributed by atoms with van der Waals surface area (Å²) in [4.78, 5) is 25.7. The van der Waals surface area contributed by atoms with Crippen LogP contribution >= 0.6 is 0 Å². The van der Waals surface area contributed by atoms with Crippen molar-refractivity contribution in [1.29, 1.82) is 0 Å². The molecule has 2 N–H and O–H groups in total. The van der Waals surface area contributed by atoms with Gasteiger partial charge in [0.25, 0.3) is 5.91 Å². The predicted octanol–water partition coefficient (Wildman–Crippen LogP) is 2.81. The van der Waals surface area contributed by atoms with Crippen molar-refractivity contribution in [2.24, 2.45) is 11.7 Å². The normalized spacial score (nSPS) is 20.8. The number of primary amides is 1. The summed E-state index contributed by atoms with van der Waals surface area (Å²) < 4.78 is 19.4. The molecule has 1 aliphatic rings. The van der Waals surface area contributed by atoms with Gasteiger partial charge in [-0.05, 0) is 44.0 Å². The van der Waals surface area contributed by atoms with Gasteiger partial charge in [-0.1, -0.05) is 12.1 Å². The van der Waals surface area contributed by atoms with E-state index in [9.17, 15) is 14.0 Å². The van der Waals surface area contributed by atoms with Crippen molar-refractivity contribution in [1.82, 2.24) is 4.90 Å². The van der Waals surface area contributed by atoms with E-state index in [0.29, 0.717) is 24.2 Å². The van der Waals surface area contributed by atoms with Crippen LogP contribution < -0.4 is 5.73 Å². The van der Waals surface area contributed by atoms with Crippen molar-refractivity contribution >= 4 is 11.8 Å². The van der Waals surface area contributed by atoms with Crippen LogP contribution in [0.3, 0.4) is 0 Å². The van der Waals surface area contributed by atoms with Crippen molar-refractivity contribution in [2.45, 2.75) is 25.8 Å². The van der Waals surface area contributed by atoms with E-state index in [4.69, 9.17) is 10.2 Å². The third kappa shape index (κ3) is 3.04. The zero-order valence-corrected chi connectivity index (χ0v) is 13.4. The molecule has 0 radical (unpaired) electrons. The lowest BCUT2D eigenvalue weighted by Crippen LogP contribution is -2.48. The molecule has 24 heavy (non-hydrogen) atoms. The average molecular weight is 330 g/mol. The van der Waals surface area contributed by atoms with Crippen LogP contribution in [-0.2, 0) is 4.79 Å². The Morgan fingerprint density at radius 3 is 2.67 bits per heavy atom. The quantitative estimate of drug-likeness (QED) is 0.940. The first kappa shape index (κ1) is 16.2. The number of piperidine rings is 1. The number of rotatable bonds is 3. The molecule has 1 fully saturated rings. The molecule has 2 heterocycles. The number of furan rings is 1. The van der Waals surface area contributed by atoms with E-state index in [1.807, 2.05) is 6.92 Å². The molecule has 2 unspecified atom stereocenters. The fourth-order valence-electron chi connectivity index (χ4n) is 3.02. The van der Waals surface area contributed by atoms with Crippen LogP contribution in [0.5, 0.6) is 0 Å². The van der Waals surface area contributed by atoms with Crippen LogP contribution in [0.2, 0.25) is 0 Å². The number of halogens is 1. The minimum Gasteiger partial charge on any atom is -0.451 e. The van der Waals surface area contributed by atoms with Gasteiger partial charge in [0.2, 0.25) is 5.91 Å². The molecule has 0 saturated carbocycles. The number of carbonyl (C=O) groups excluding carboxylic acids is 2. The van der Waals surface area contributed by atoms with Gasteiger partial charge in [-0.25, -0.2) is 4.39 Å². The minimum absolute atomic E-state index is 0.00453. The third-order valence-electron chi connectivity index (χ3n) is 4.50. The predicted molar refractivity (Wildman–Crippen MR) is 86.5 cm³/mol. The number of carbonyl (C=O) groups is 2. The zero-order valence-electron chi connectivity index (χ0n) is 13.4. The molecule has 3 rings (SSSR count). The van der Waals surface area contributed by atoms with Crippen LogP contribution in [0.15, 0.2) is 40.8 Å². The summed E-state index contributed by atoms with van der Waals surface area (Å²) in [7, 11) is 0. The van der Waals surface area contributed by atoms with Crippen LogP contribution in [0.4, 0.5) is 4.39 Å². The maximum atomic E-state index is 13.8. The Hall–Kier alpha value is -2.63. The van der Waals surface area contributed by atoms with Crippen molar-refractivity contribution in [3.8, 4) is 11.3 Å². The summed E-state index contributed by atoms with van der Waals surface area (Å²) in [6.07, 6.45) is 1.39. The Bertz CT molecular complexity index is 771. The van der Waals surface area contributed by atoms with Gasteiger partial charge < -0.3 is 15.1 Å². The van der Waals surface area contributed by atoms with Crippen LogP contribution in [-0.4, -0.2) is 29.3 Å². The van der Waals surface area contributed by atoms with Crippen LogP contribution in [0.1, 0.15) is 30.3 Å². The first-order valence-corrected chi connectivity index (χ1v) is 7.92. The summed E-state index contributed by atoms with van der Waals surface area (Å²) in [5, 5.41) is 0. The van der Waals surface area contributed by atoms with Crippen molar-refractivity contribution in [3.63, 3.8) is 0 Å². The highest BCUT2D eigenvalue weighted by Gasteiger charge is 2.33. The first-order valence-electron chi connectivity index (χ1n) is 7.92. The Morgan fingerprint density at radius 2 is 1.96 bits per heavy atom. The number of hydrogen-bond acceptors (Lipinski definition) is 3. The summed E-state index contributed by atoms with van der Waals surface area (Å²) in [6.45, 7) is 2.21. The fourth-order valence-corrected chi connectivity index (χ4v) is 3.02. The molecule has 2 amide bonds. The molecule has 1 aromatic heterocycles. The highest BCUT2D eigenvalue weighted by atomic mass is 19.1. The van der Waals surface area contributed by atoms with Crippen molar-refractivity contribution in [2.75, 3.05) is 6.54 Å². The maximum absolute atomic E-state index is 13.8. The van der Waals surface area contributed by atoms with E-state index in [-0.39, 0.29) is 30.2 Å². The smallest absolute Gasteiger partial charge is 0.289 e. The van der Waals surface area contributed by atoms with Gasteiger partial charge in [-0.3, -0.25) is 9.59 Å². The van der Waals surface area contributed by atoms with Gasteiger partial charge >= 0.3 is 0 Å². The monoisotopic (exact) mass is 330 g/mol. The second-order valence-electron chi connectivity index (χ2n) is 6.13. The average Bonchev–Trinajstić information content (AvgIpc) is 3.04. The van der Waals surface area contributed by atoms with E-state index in [0.717, 1.165) is 0 Å². The molecule has 6 heteroatoms. The molecule has 5 nitrogen and oxygen atoms in total. The van der Waals surface area contributed by atoms with E-state index in [2.05, 4.69) is 0 Å². The van der Waals surface area contributed by atoms with Crippen molar-refractivity contribution < 1.29 is 18.4 Å². The van der Waals surface area contributed by atoms with Gasteiger partial charge in [0.05, 0.1) is 11.5 Å². The molecule has 0 spiro atoms. The van der Waals surface area contributed by atoms with Gasteiger partial charge in [-0.15, -0.1) is 0 Å². The molecule has 0 bridgehead atoms. The maximum Gasteiger partial charge on any atom is 0.289 e. The molecule has 1 aromatic carbocycles. The molecule has 0 aliphatic carbocycles. The lowest BCUT2D eigenvalue weighted by molar-refractivity contribution is -0.123. The topological polar surface area (TPSA) is 76.5 Å². The molecule has 2 atom stereocenters. The second-order valence-corrected chi connectivity index (χ2v) is 6.13. The van der Waals surface area contributed by atoms with Crippen molar-refractivity contribution in [3.05, 3.63) is 48.0 Å². The highest BCUT2D eigenvalue weighted by Crippen LogP contribution is 2.28. The Kier molecular flexibility index (Phi) is 4.38. The lowest BCUT2D eigenvalue weighted by Gasteiger charge is -2.36. The third-order valence-corrected chi connectivity index (χ3v) is 4.50. The largest absolute Gasteiger partial charge is 0.451 e. The summed E-state index contributed by atoms with van der Waals surface area (Å²) >= 11 is 0. The first-order chi connectivity index (χ1) is 11.5. The standard InChI is InChI=1S/C18H19FN2O3/c1-11-6-7-12(17(20)22)10-21(11)18(23)16-9-8-15(24-16)13-4-2-3-5-14(13)19/h2-5,8-9,11-12H,6-7,10H2,1H3,(H2,20,22). The molecular formula is C18H19FN2O3. The van der Waals surface area contributed by atoms with Crippen LogP contribution in [0.25, 0.3) is 11.3 Å². The molecule has 1 aliphatic heterocycles. The Labute approximate surface area is 139 Å². The Balaban J connectivity index is 1.83. The number of amides is 2. The number of hydrogen-bond donors (Lipinski definition) is 1. The number of likely N-dealkylation sites (tertiary alicyclic amines) is 1.